The summed E-state index contributed by atoms with van der Waals surface area (Å²) in [6.45, 7) is 8.58. The first-order valence-corrected chi connectivity index (χ1v) is 7.78. The molecule has 0 N–H and O–H groups in total. The van der Waals surface area contributed by atoms with Crippen LogP contribution >= 0.6 is 0 Å². The largest absolute Gasteiger partial charge is 0.340 e. The van der Waals surface area contributed by atoms with Gasteiger partial charge in [0.05, 0.1) is 0 Å². The van der Waals surface area contributed by atoms with Crippen LogP contribution in [-0.4, -0.2) is 42.4 Å². The number of carbonyl (C=O) groups is 1. The molecule has 1 aliphatic heterocycles. The molecule has 2 atom stereocenters. The minimum Gasteiger partial charge on any atom is -0.340 e. The van der Waals surface area contributed by atoms with Crippen molar-refractivity contribution in [3.63, 3.8) is 0 Å². The second-order valence-corrected chi connectivity index (χ2v) is 6.06. The summed E-state index contributed by atoms with van der Waals surface area (Å²) in [6.07, 6.45) is 4.20. The van der Waals surface area contributed by atoms with E-state index in [0.717, 1.165) is 18.7 Å². The van der Waals surface area contributed by atoms with Crippen LogP contribution in [0.5, 0.6) is 0 Å². The van der Waals surface area contributed by atoms with E-state index in [9.17, 15) is 4.79 Å². The molecule has 21 heavy (non-hydrogen) atoms. The third-order valence-electron chi connectivity index (χ3n) is 4.18. The van der Waals surface area contributed by atoms with E-state index in [2.05, 4.69) is 30.5 Å². The van der Waals surface area contributed by atoms with Crippen LogP contribution in [0.15, 0.2) is 43.0 Å². The molecule has 2 rings (SSSR count). The standard InChI is InChI=1S/C18H26N2O/c1-4-12-19(3)18(21)17(16-10-6-5-7-11-16)20-13-8-9-15(2)14-20/h4-7,10-11,15,17H,1,8-9,12-14H2,2-3H3/t15-,17-/m0/s1. The van der Waals surface area contributed by atoms with E-state index in [1.165, 1.54) is 12.8 Å². The van der Waals surface area contributed by atoms with Gasteiger partial charge in [-0.25, -0.2) is 0 Å². The predicted molar refractivity (Wildman–Crippen MR) is 87.0 cm³/mol. The molecule has 0 bridgehead atoms. The molecule has 0 unspecified atom stereocenters. The van der Waals surface area contributed by atoms with Crippen molar-refractivity contribution in [2.45, 2.75) is 25.8 Å². The normalized spacial score (nSPS) is 20.8. The Morgan fingerprint density at radius 3 is 2.81 bits per heavy atom. The molecule has 0 aromatic heterocycles. The highest BCUT2D eigenvalue weighted by molar-refractivity contribution is 5.83. The lowest BCUT2D eigenvalue weighted by Gasteiger charge is -2.38. The molecule has 1 aromatic rings. The summed E-state index contributed by atoms with van der Waals surface area (Å²) in [5.74, 6) is 0.817. The van der Waals surface area contributed by atoms with Gasteiger partial charge in [-0.15, -0.1) is 6.58 Å². The van der Waals surface area contributed by atoms with Gasteiger partial charge < -0.3 is 4.90 Å². The van der Waals surface area contributed by atoms with E-state index in [1.807, 2.05) is 25.2 Å². The van der Waals surface area contributed by atoms with Crippen molar-refractivity contribution in [1.29, 1.82) is 0 Å². The van der Waals surface area contributed by atoms with Crippen LogP contribution in [0.2, 0.25) is 0 Å². The number of piperidine rings is 1. The molecule has 1 amide bonds. The SMILES string of the molecule is C=CCN(C)C(=O)[C@H](c1ccccc1)N1CCC[C@H](C)C1. The first-order valence-electron chi connectivity index (χ1n) is 7.78. The molecular weight excluding hydrogens is 260 g/mol. The first-order chi connectivity index (χ1) is 10.1. The lowest BCUT2D eigenvalue weighted by molar-refractivity contribution is -0.136. The molecule has 3 heteroatoms. The van der Waals surface area contributed by atoms with Crippen molar-refractivity contribution >= 4 is 5.91 Å². The molecular formula is C18H26N2O. The molecule has 3 nitrogen and oxygen atoms in total. The molecule has 1 aromatic carbocycles. The fraction of sp³-hybridized carbons (Fsp3) is 0.500. The van der Waals surface area contributed by atoms with Gasteiger partial charge in [-0.2, -0.15) is 0 Å². The van der Waals surface area contributed by atoms with E-state index >= 15 is 0 Å². The molecule has 0 spiro atoms. The lowest BCUT2D eigenvalue weighted by atomic mass is 9.95. The maximum Gasteiger partial charge on any atom is 0.244 e. The Bertz CT molecular complexity index is 471. The summed E-state index contributed by atoms with van der Waals surface area (Å²) in [5, 5.41) is 0. The van der Waals surface area contributed by atoms with Crippen LogP contribution in [0.1, 0.15) is 31.4 Å². The van der Waals surface area contributed by atoms with E-state index in [0.29, 0.717) is 12.5 Å². The molecule has 0 radical (unpaired) electrons. The Hall–Kier alpha value is -1.61. The Balaban J connectivity index is 2.26. The minimum atomic E-state index is -0.168. The van der Waals surface area contributed by atoms with E-state index < -0.39 is 0 Å². The fourth-order valence-corrected chi connectivity index (χ4v) is 3.10. The summed E-state index contributed by atoms with van der Waals surface area (Å²) in [6, 6.07) is 9.97. The van der Waals surface area contributed by atoms with Gasteiger partial charge in [0, 0.05) is 20.1 Å². The fourth-order valence-electron chi connectivity index (χ4n) is 3.10. The highest BCUT2D eigenvalue weighted by Crippen LogP contribution is 2.28. The van der Waals surface area contributed by atoms with E-state index in [-0.39, 0.29) is 11.9 Å². The quantitative estimate of drug-likeness (QED) is 0.777. The average Bonchev–Trinajstić information content (AvgIpc) is 2.49. The van der Waals surface area contributed by atoms with Gasteiger partial charge in [0.15, 0.2) is 0 Å². The van der Waals surface area contributed by atoms with Gasteiger partial charge in [0.1, 0.15) is 6.04 Å². The smallest absolute Gasteiger partial charge is 0.244 e. The van der Waals surface area contributed by atoms with Crippen molar-refractivity contribution in [2.75, 3.05) is 26.7 Å². The van der Waals surface area contributed by atoms with Gasteiger partial charge in [-0.05, 0) is 30.9 Å². The van der Waals surface area contributed by atoms with Crippen LogP contribution in [0.25, 0.3) is 0 Å². The minimum absolute atomic E-state index is 0.162. The van der Waals surface area contributed by atoms with E-state index in [4.69, 9.17) is 0 Å². The second-order valence-electron chi connectivity index (χ2n) is 6.06. The van der Waals surface area contributed by atoms with Gasteiger partial charge in [-0.3, -0.25) is 9.69 Å². The average molecular weight is 286 g/mol. The zero-order valence-electron chi connectivity index (χ0n) is 13.2. The highest BCUT2D eigenvalue weighted by Gasteiger charge is 2.31. The Labute approximate surface area is 128 Å². The van der Waals surface area contributed by atoms with Crippen LogP contribution in [0.3, 0.4) is 0 Å². The zero-order valence-corrected chi connectivity index (χ0v) is 13.2. The predicted octanol–water partition coefficient (Wildman–Crippen LogP) is 3.10. The van der Waals surface area contributed by atoms with Crippen LogP contribution < -0.4 is 0 Å². The Morgan fingerprint density at radius 1 is 1.48 bits per heavy atom. The summed E-state index contributed by atoms with van der Waals surface area (Å²) < 4.78 is 0. The van der Waals surface area contributed by atoms with Crippen molar-refractivity contribution in [3.8, 4) is 0 Å². The molecule has 1 fully saturated rings. The van der Waals surface area contributed by atoms with Gasteiger partial charge >= 0.3 is 0 Å². The van der Waals surface area contributed by atoms with Crippen molar-refractivity contribution in [1.82, 2.24) is 9.80 Å². The van der Waals surface area contributed by atoms with Crippen molar-refractivity contribution in [2.24, 2.45) is 5.92 Å². The van der Waals surface area contributed by atoms with Crippen LogP contribution in [-0.2, 0) is 4.79 Å². The molecule has 0 aliphatic carbocycles. The summed E-state index contributed by atoms with van der Waals surface area (Å²) >= 11 is 0. The van der Waals surface area contributed by atoms with Gasteiger partial charge in [-0.1, -0.05) is 43.3 Å². The summed E-state index contributed by atoms with van der Waals surface area (Å²) in [7, 11) is 1.85. The van der Waals surface area contributed by atoms with Crippen molar-refractivity contribution < 1.29 is 4.79 Å². The van der Waals surface area contributed by atoms with Crippen LogP contribution in [0.4, 0.5) is 0 Å². The maximum absolute atomic E-state index is 12.9. The lowest BCUT2D eigenvalue weighted by Crippen LogP contribution is -2.45. The number of hydrogen-bond acceptors (Lipinski definition) is 2. The Kier molecular flexibility index (Phi) is 5.57. The zero-order chi connectivity index (χ0) is 15.2. The molecule has 1 heterocycles. The molecule has 1 saturated heterocycles. The van der Waals surface area contributed by atoms with Gasteiger partial charge in [0.2, 0.25) is 5.91 Å². The third kappa shape index (κ3) is 3.94. The number of amides is 1. The monoisotopic (exact) mass is 286 g/mol. The van der Waals surface area contributed by atoms with Gasteiger partial charge in [0.25, 0.3) is 0 Å². The molecule has 114 valence electrons. The molecule has 1 aliphatic rings. The number of nitrogens with zero attached hydrogens (tertiary/aromatic N) is 2. The second kappa shape index (κ2) is 7.41. The maximum atomic E-state index is 12.9. The summed E-state index contributed by atoms with van der Waals surface area (Å²) in [4.78, 5) is 17.0. The topological polar surface area (TPSA) is 23.6 Å². The van der Waals surface area contributed by atoms with Crippen molar-refractivity contribution in [3.05, 3.63) is 48.6 Å². The number of benzene rings is 1. The number of hydrogen-bond donors (Lipinski definition) is 0. The number of carbonyl (C=O) groups excluding carboxylic acids is 1. The Morgan fingerprint density at radius 2 is 2.19 bits per heavy atom. The van der Waals surface area contributed by atoms with E-state index in [1.54, 1.807) is 11.0 Å². The number of likely N-dealkylation sites (N-methyl/N-ethyl adjacent to an activating group) is 1. The summed E-state index contributed by atoms with van der Waals surface area (Å²) in [5.41, 5.74) is 1.09. The first kappa shape index (κ1) is 15.8. The molecule has 0 saturated carbocycles. The number of rotatable bonds is 5. The third-order valence-corrected chi connectivity index (χ3v) is 4.18. The van der Waals surface area contributed by atoms with Crippen LogP contribution in [0, 0.1) is 5.92 Å². The highest BCUT2D eigenvalue weighted by atomic mass is 16.2. The number of likely N-dealkylation sites (tertiary alicyclic amines) is 1.